The van der Waals surface area contributed by atoms with Crippen molar-refractivity contribution in [1.82, 2.24) is 9.80 Å². The number of hydrogen-bond acceptors (Lipinski definition) is 3. The van der Waals surface area contributed by atoms with E-state index in [-0.39, 0.29) is 17.0 Å². The number of alkyl halides is 7. The van der Waals surface area contributed by atoms with Crippen LogP contribution in [0.25, 0.3) is 10.8 Å². The van der Waals surface area contributed by atoms with Gasteiger partial charge >= 0.3 is 24.1 Å². The first-order chi connectivity index (χ1) is 15.8. The summed E-state index contributed by atoms with van der Waals surface area (Å²) in [6.07, 6.45) is -6.85. The fourth-order valence-corrected chi connectivity index (χ4v) is 5.01. The molecule has 4 amide bonds. The average molecular weight is 489 g/mol. The lowest BCUT2D eigenvalue weighted by Gasteiger charge is -2.38. The second-order valence-electron chi connectivity index (χ2n) is 8.37. The number of likely N-dealkylation sites (tertiary alicyclic amines) is 1. The molecule has 2 bridgehead atoms. The molecule has 13 heteroatoms. The molecule has 5 rings (SSSR count). The highest BCUT2D eigenvalue weighted by atomic mass is 19.4. The zero-order valence-electron chi connectivity index (χ0n) is 16.9. The lowest BCUT2D eigenvalue weighted by atomic mass is 10.0. The summed E-state index contributed by atoms with van der Waals surface area (Å²) in [5, 5.41) is 1.23. The minimum atomic E-state index is -6.67. The van der Waals surface area contributed by atoms with Gasteiger partial charge in [0.25, 0.3) is 11.8 Å². The third-order valence-electron chi connectivity index (χ3n) is 6.55. The van der Waals surface area contributed by atoms with Crippen LogP contribution in [0, 0.1) is 0 Å². The molecule has 3 aliphatic heterocycles. The quantitative estimate of drug-likeness (QED) is 0.487. The standard InChI is InChI=1S/C21H14F7N3O3/c22-19(23,20(24,25)21(26,27)28)17(33)29-9-11-8-14(29)15-16(32)31(18(34)30(11)15)13-7-3-5-10-4-1-2-6-12(10)13/h1-7,11,14-15H,8-9H2. The largest absolute Gasteiger partial charge is 0.460 e. The zero-order chi connectivity index (χ0) is 24.8. The predicted molar refractivity (Wildman–Crippen MR) is 102 cm³/mol. The van der Waals surface area contributed by atoms with Crippen molar-refractivity contribution in [2.24, 2.45) is 0 Å². The summed E-state index contributed by atoms with van der Waals surface area (Å²) < 4.78 is 92.6. The number of anilines is 1. The van der Waals surface area contributed by atoms with E-state index >= 15 is 0 Å². The summed E-state index contributed by atoms with van der Waals surface area (Å²) in [5.41, 5.74) is 0.203. The number of halogens is 7. The number of carbonyl (C=O) groups excluding carboxylic acids is 3. The van der Waals surface area contributed by atoms with Gasteiger partial charge in [-0.2, -0.15) is 30.7 Å². The van der Waals surface area contributed by atoms with E-state index in [1.807, 2.05) is 0 Å². The molecule has 3 saturated heterocycles. The van der Waals surface area contributed by atoms with Crippen LogP contribution in [0.1, 0.15) is 6.42 Å². The van der Waals surface area contributed by atoms with Crippen molar-refractivity contribution in [2.45, 2.75) is 42.6 Å². The fourth-order valence-electron chi connectivity index (χ4n) is 5.01. The first-order valence-corrected chi connectivity index (χ1v) is 10.1. The van der Waals surface area contributed by atoms with Crippen molar-refractivity contribution < 1.29 is 45.1 Å². The Kier molecular flexibility index (Phi) is 4.50. The van der Waals surface area contributed by atoms with Gasteiger partial charge in [0.15, 0.2) is 0 Å². The van der Waals surface area contributed by atoms with Gasteiger partial charge in [-0.25, -0.2) is 9.69 Å². The number of benzene rings is 2. The maximum absolute atomic E-state index is 14.1. The third kappa shape index (κ3) is 2.72. The third-order valence-corrected chi connectivity index (χ3v) is 6.55. The highest BCUT2D eigenvalue weighted by Gasteiger charge is 2.78. The second-order valence-corrected chi connectivity index (χ2v) is 8.37. The summed E-state index contributed by atoms with van der Waals surface area (Å²) in [7, 11) is 0. The normalized spacial score (nSPS) is 25.0. The molecule has 3 fully saturated rings. The number of urea groups is 1. The monoisotopic (exact) mass is 489 g/mol. The summed E-state index contributed by atoms with van der Waals surface area (Å²) in [5.74, 6) is -16.3. The van der Waals surface area contributed by atoms with E-state index in [4.69, 9.17) is 0 Å². The Balaban J connectivity index is 1.48. The van der Waals surface area contributed by atoms with E-state index in [0.717, 1.165) is 9.80 Å². The number of fused-ring (bicyclic) bond motifs is 6. The molecule has 2 aromatic carbocycles. The fraction of sp³-hybridized carbons (Fsp3) is 0.381. The maximum atomic E-state index is 14.1. The molecule has 6 nitrogen and oxygen atoms in total. The molecule has 0 aliphatic carbocycles. The average Bonchev–Trinajstić information content (AvgIpc) is 3.43. The molecule has 3 aliphatic rings. The first-order valence-electron chi connectivity index (χ1n) is 10.1. The smallest absolute Gasteiger partial charge is 0.330 e. The topological polar surface area (TPSA) is 60.9 Å². The molecule has 0 saturated carbocycles. The lowest BCUT2D eigenvalue weighted by molar-refractivity contribution is -0.346. The van der Waals surface area contributed by atoms with Crippen molar-refractivity contribution >= 4 is 34.3 Å². The Morgan fingerprint density at radius 1 is 0.912 bits per heavy atom. The van der Waals surface area contributed by atoms with Crippen LogP contribution in [0.4, 0.5) is 41.2 Å². The van der Waals surface area contributed by atoms with Crippen LogP contribution in [-0.2, 0) is 9.59 Å². The summed E-state index contributed by atoms with van der Waals surface area (Å²) >= 11 is 0. The number of piperazine rings is 1. The molecule has 0 N–H and O–H groups in total. The number of amides is 4. The van der Waals surface area contributed by atoms with Crippen molar-refractivity contribution in [3.8, 4) is 0 Å². The van der Waals surface area contributed by atoms with Crippen LogP contribution < -0.4 is 4.90 Å². The van der Waals surface area contributed by atoms with Gasteiger partial charge in [0.2, 0.25) is 0 Å². The van der Waals surface area contributed by atoms with Gasteiger partial charge < -0.3 is 9.80 Å². The molecule has 3 heterocycles. The number of rotatable bonds is 3. The first kappa shape index (κ1) is 22.4. The molecular weight excluding hydrogens is 475 g/mol. The van der Waals surface area contributed by atoms with Gasteiger partial charge in [0.1, 0.15) is 6.04 Å². The van der Waals surface area contributed by atoms with E-state index in [0.29, 0.717) is 10.8 Å². The van der Waals surface area contributed by atoms with Gasteiger partial charge in [-0.15, -0.1) is 0 Å². The minimum absolute atomic E-state index is 0.170. The molecule has 0 radical (unpaired) electrons. The van der Waals surface area contributed by atoms with E-state index < -0.39 is 60.5 Å². The maximum Gasteiger partial charge on any atom is 0.460 e. The van der Waals surface area contributed by atoms with Crippen molar-refractivity contribution in [2.75, 3.05) is 11.4 Å². The number of hydrogen-bond donors (Lipinski definition) is 0. The predicted octanol–water partition coefficient (Wildman–Crippen LogP) is 3.79. The van der Waals surface area contributed by atoms with Gasteiger partial charge in [-0.05, 0) is 17.9 Å². The summed E-state index contributed by atoms with van der Waals surface area (Å²) in [4.78, 5) is 40.6. The van der Waals surface area contributed by atoms with Crippen molar-refractivity contribution in [3.05, 3.63) is 42.5 Å². The Bertz CT molecular complexity index is 1230. The highest BCUT2D eigenvalue weighted by molar-refractivity contribution is 6.25. The van der Waals surface area contributed by atoms with E-state index in [1.54, 1.807) is 36.4 Å². The number of nitrogens with zero attached hydrogens (tertiary/aromatic N) is 3. The van der Waals surface area contributed by atoms with Crippen molar-refractivity contribution in [1.29, 1.82) is 0 Å². The summed E-state index contributed by atoms with van der Waals surface area (Å²) in [6, 6.07) is 6.92. The van der Waals surface area contributed by atoms with Crippen LogP contribution in [0.15, 0.2) is 42.5 Å². The Morgan fingerprint density at radius 3 is 2.24 bits per heavy atom. The van der Waals surface area contributed by atoms with Crippen LogP contribution in [0.5, 0.6) is 0 Å². The van der Waals surface area contributed by atoms with Crippen LogP contribution in [0.3, 0.4) is 0 Å². The van der Waals surface area contributed by atoms with Gasteiger partial charge in [0, 0.05) is 11.9 Å². The molecule has 34 heavy (non-hydrogen) atoms. The molecule has 3 unspecified atom stereocenters. The Morgan fingerprint density at radius 2 is 1.56 bits per heavy atom. The molecule has 0 spiro atoms. The van der Waals surface area contributed by atoms with Crippen LogP contribution in [0.2, 0.25) is 0 Å². The van der Waals surface area contributed by atoms with Gasteiger partial charge in [-0.3, -0.25) is 9.59 Å². The molecular formula is C21H14F7N3O3. The minimum Gasteiger partial charge on any atom is -0.330 e. The lowest BCUT2D eigenvalue weighted by Crippen LogP contribution is -2.64. The number of carbonyl (C=O) groups is 3. The number of imide groups is 1. The van der Waals surface area contributed by atoms with E-state index in [9.17, 15) is 45.1 Å². The Labute approximate surface area is 186 Å². The highest BCUT2D eigenvalue weighted by Crippen LogP contribution is 2.50. The zero-order valence-corrected chi connectivity index (χ0v) is 16.9. The van der Waals surface area contributed by atoms with Gasteiger partial charge in [-0.1, -0.05) is 36.4 Å². The molecule has 180 valence electrons. The second kappa shape index (κ2) is 6.83. The van der Waals surface area contributed by atoms with E-state index in [1.165, 1.54) is 6.07 Å². The summed E-state index contributed by atoms with van der Waals surface area (Å²) in [6.45, 7) is -0.689. The Hall–Kier alpha value is -3.38. The van der Waals surface area contributed by atoms with Gasteiger partial charge in [0.05, 0.1) is 17.8 Å². The van der Waals surface area contributed by atoms with Crippen molar-refractivity contribution in [3.63, 3.8) is 0 Å². The SMILES string of the molecule is O=C1C2C3CC(CN3C(=O)C(F)(F)C(F)(F)C(F)(F)F)N2C(=O)N1c1cccc2ccccc12. The molecule has 3 atom stereocenters. The van der Waals surface area contributed by atoms with Crippen LogP contribution >= 0.6 is 0 Å². The van der Waals surface area contributed by atoms with E-state index in [2.05, 4.69) is 0 Å². The molecule has 2 aromatic rings. The molecule has 0 aromatic heterocycles. The van der Waals surface area contributed by atoms with Crippen LogP contribution in [-0.4, -0.2) is 70.3 Å².